The van der Waals surface area contributed by atoms with Gasteiger partial charge in [-0.1, -0.05) is 73.1 Å². The summed E-state index contributed by atoms with van der Waals surface area (Å²) in [6, 6.07) is 18.5. The van der Waals surface area contributed by atoms with Gasteiger partial charge in [0.1, 0.15) is 11.5 Å². The molecule has 5 rings (SSSR count). The van der Waals surface area contributed by atoms with Crippen molar-refractivity contribution in [3.05, 3.63) is 54.6 Å². The molecular formula is C37H54IrNO3-. The van der Waals surface area contributed by atoms with Crippen molar-refractivity contribution in [2.75, 3.05) is 0 Å². The van der Waals surface area contributed by atoms with Crippen LogP contribution < -0.4 is 0 Å². The maximum Gasteiger partial charge on any atom is 0.141 e. The molecule has 0 amide bonds. The van der Waals surface area contributed by atoms with E-state index in [1.807, 2.05) is 48.5 Å². The Balaban J connectivity index is 0.000000255. The number of aromatic nitrogens is 1. The van der Waals surface area contributed by atoms with Gasteiger partial charge in [0.2, 0.25) is 0 Å². The maximum absolute atomic E-state index is 11.4. The van der Waals surface area contributed by atoms with Gasteiger partial charge in [0.25, 0.3) is 0 Å². The first-order valence-electron chi connectivity index (χ1n) is 16.2. The molecule has 2 aromatic carbocycles. The average Bonchev–Trinajstić information content (AvgIpc) is 3.36. The van der Waals surface area contributed by atoms with Gasteiger partial charge in [0.15, 0.2) is 0 Å². The molecule has 0 spiro atoms. The van der Waals surface area contributed by atoms with Crippen molar-refractivity contribution in [3.8, 4) is 11.5 Å². The molecule has 2 fully saturated rings. The Morgan fingerprint density at radius 2 is 1.21 bits per heavy atom. The molecule has 2 N–H and O–H groups in total. The standard InChI is InChI=1S/C24H46O2.C13H8NO.Ir/c1-13(2)20(14(3)4)18-11-9-17-10-12-19(21(15(5)6)16(7)8)24(26)22(17)23(18)25;1-2-6-10(7-3-1)13-14-11-8-4-5-9-12(11)15-13;/h13-26H,9-12H2,1-8H3;1-6,8-9H;/q;-1;/t17?,18-,19+,22?,23?,24?;;. The van der Waals surface area contributed by atoms with E-state index in [1.54, 1.807) is 0 Å². The second-order valence-corrected chi connectivity index (χ2v) is 14.2. The number of nitrogens with zero attached hydrogens (tertiary/aromatic N) is 1. The van der Waals surface area contributed by atoms with Gasteiger partial charge in [0.05, 0.1) is 17.7 Å². The minimum Gasteiger partial charge on any atom is -0.481 e. The zero-order valence-electron chi connectivity index (χ0n) is 27.0. The summed E-state index contributed by atoms with van der Waals surface area (Å²) in [6.07, 6.45) is 4.00. The molecule has 2 aliphatic carbocycles. The summed E-state index contributed by atoms with van der Waals surface area (Å²) in [4.78, 5) is 4.39. The largest absolute Gasteiger partial charge is 0.481 e. The van der Waals surface area contributed by atoms with Crippen LogP contribution in [0.5, 0.6) is 0 Å². The summed E-state index contributed by atoms with van der Waals surface area (Å²) in [5, 5.41) is 22.8. The average molecular weight is 753 g/mol. The van der Waals surface area contributed by atoms with Crippen molar-refractivity contribution < 1.29 is 34.7 Å². The van der Waals surface area contributed by atoms with Gasteiger partial charge in [-0.15, -0.1) is 30.3 Å². The molecule has 1 heterocycles. The number of aliphatic hydroxyl groups excluding tert-OH is 2. The molecule has 2 aliphatic rings. The van der Waals surface area contributed by atoms with Crippen LogP contribution in [0, 0.1) is 65.2 Å². The SMILES string of the molecule is CC(C)C(C(C)C)[C@@H]1CCC2CC[C@H](C(C(C)C)C(C)C)C(O)C2C1O.[Ir].[c-]1ccccc1-c1nc2ccccc2o1. The molecule has 4 nitrogen and oxygen atoms in total. The molecule has 0 aliphatic heterocycles. The topological polar surface area (TPSA) is 66.5 Å². The zero-order chi connectivity index (χ0) is 29.8. The molecule has 1 aromatic heterocycles. The predicted octanol–water partition coefficient (Wildman–Crippen LogP) is 8.91. The van der Waals surface area contributed by atoms with E-state index in [9.17, 15) is 10.2 Å². The third kappa shape index (κ3) is 7.76. The van der Waals surface area contributed by atoms with E-state index >= 15 is 0 Å². The second-order valence-electron chi connectivity index (χ2n) is 14.2. The van der Waals surface area contributed by atoms with Crippen LogP contribution in [-0.2, 0) is 20.1 Å². The Morgan fingerprint density at radius 3 is 1.67 bits per heavy atom. The van der Waals surface area contributed by atoms with Gasteiger partial charge < -0.3 is 14.6 Å². The number of benzene rings is 2. The van der Waals surface area contributed by atoms with Crippen LogP contribution in [0.4, 0.5) is 0 Å². The minimum absolute atomic E-state index is 0. The summed E-state index contributed by atoms with van der Waals surface area (Å²) in [6.45, 7) is 18.4. The van der Waals surface area contributed by atoms with Gasteiger partial charge in [-0.05, 0) is 91.1 Å². The molecular weight excluding hydrogens is 699 g/mol. The van der Waals surface area contributed by atoms with Crippen LogP contribution >= 0.6 is 0 Å². The summed E-state index contributed by atoms with van der Waals surface area (Å²) in [7, 11) is 0. The zero-order valence-corrected chi connectivity index (χ0v) is 29.4. The summed E-state index contributed by atoms with van der Waals surface area (Å²) < 4.78 is 5.61. The van der Waals surface area contributed by atoms with Gasteiger partial charge >= 0.3 is 0 Å². The predicted molar refractivity (Wildman–Crippen MR) is 169 cm³/mol. The normalized spacial score (nSPS) is 26.1. The first-order valence-corrected chi connectivity index (χ1v) is 16.2. The van der Waals surface area contributed by atoms with Crippen LogP contribution in [0.2, 0.25) is 0 Å². The molecule has 42 heavy (non-hydrogen) atoms. The molecule has 0 bridgehead atoms. The van der Waals surface area contributed by atoms with Crippen molar-refractivity contribution in [2.45, 2.75) is 93.3 Å². The number of para-hydroxylation sites is 2. The van der Waals surface area contributed by atoms with E-state index in [0.717, 1.165) is 29.5 Å². The summed E-state index contributed by atoms with van der Waals surface area (Å²) in [5.74, 6) is 5.36. The summed E-state index contributed by atoms with van der Waals surface area (Å²) >= 11 is 0. The Labute approximate surface area is 268 Å². The Kier molecular flexibility index (Phi) is 12.9. The van der Waals surface area contributed by atoms with Crippen LogP contribution in [0.15, 0.2) is 52.9 Å². The molecule has 0 saturated heterocycles. The number of hydrogen-bond donors (Lipinski definition) is 2. The van der Waals surface area contributed by atoms with Crippen LogP contribution in [-0.4, -0.2) is 27.4 Å². The number of aliphatic hydroxyl groups is 2. The van der Waals surface area contributed by atoms with E-state index in [4.69, 9.17) is 4.42 Å². The van der Waals surface area contributed by atoms with E-state index in [0.29, 0.717) is 59.2 Å². The van der Waals surface area contributed by atoms with Crippen molar-refractivity contribution in [1.82, 2.24) is 4.98 Å². The monoisotopic (exact) mass is 753 g/mol. The Hall–Kier alpha value is -1.52. The van der Waals surface area contributed by atoms with E-state index in [2.05, 4.69) is 66.4 Å². The van der Waals surface area contributed by atoms with E-state index in [1.165, 1.54) is 12.8 Å². The number of fused-ring (bicyclic) bond motifs is 2. The fraction of sp³-hybridized carbons (Fsp3) is 0.649. The van der Waals surface area contributed by atoms with Crippen molar-refractivity contribution in [3.63, 3.8) is 0 Å². The third-order valence-electron chi connectivity index (χ3n) is 10.3. The van der Waals surface area contributed by atoms with Gasteiger partial charge in [0, 0.05) is 26.0 Å². The fourth-order valence-corrected chi connectivity index (χ4v) is 8.89. The number of rotatable bonds is 7. The Bertz CT molecular complexity index is 1120. The van der Waals surface area contributed by atoms with Crippen molar-refractivity contribution in [2.24, 2.45) is 59.2 Å². The molecule has 2 saturated carbocycles. The van der Waals surface area contributed by atoms with Crippen molar-refractivity contribution in [1.29, 1.82) is 0 Å². The van der Waals surface area contributed by atoms with Crippen molar-refractivity contribution >= 4 is 11.1 Å². The van der Waals surface area contributed by atoms with Crippen LogP contribution in [0.3, 0.4) is 0 Å². The molecule has 5 heteroatoms. The number of oxazole rings is 1. The summed E-state index contributed by atoms with van der Waals surface area (Å²) in [5.41, 5.74) is 2.57. The minimum atomic E-state index is -0.332. The van der Waals surface area contributed by atoms with Crippen LogP contribution in [0.25, 0.3) is 22.6 Å². The quantitative estimate of drug-likeness (QED) is 0.237. The third-order valence-corrected chi connectivity index (χ3v) is 10.3. The second kappa shape index (κ2) is 15.5. The molecule has 3 aromatic rings. The maximum atomic E-state index is 11.4. The molecule has 6 atom stereocenters. The van der Waals surface area contributed by atoms with Gasteiger partial charge in [-0.2, -0.15) is 0 Å². The molecule has 4 unspecified atom stereocenters. The first kappa shape index (κ1) is 35.0. The molecule has 1 radical (unpaired) electrons. The van der Waals surface area contributed by atoms with Crippen LogP contribution in [0.1, 0.15) is 81.1 Å². The fourth-order valence-electron chi connectivity index (χ4n) is 8.89. The first-order chi connectivity index (χ1) is 19.5. The van der Waals surface area contributed by atoms with E-state index < -0.39 is 0 Å². The molecule has 235 valence electrons. The van der Waals surface area contributed by atoms with Gasteiger partial charge in [-0.25, -0.2) is 0 Å². The number of hydrogen-bond acceptors (Lipinski definition) is 4. The smallest absolute Gasteiger partial charge is 0.141 e. The van der Waals surface area contributed by atoms with Gasteiger partial charge in [-0.3, -0.25) is 4.98 Å². The Morgan fingerprint density at radius 1 is 0.714 bits per heavy atom. The van der Waals surface area contributed by atoms with E-state index in [-0.39, 0.29) is 38.2 Å².